The molecule has 2 aromatic rings. The van der Waals surface area contributed by atoms with Crippen LogP contribution in [0.1, 0.15) is 46.4 Å². The lowest BCUT2D eigenvalue weighted by Crippen LogP contribution is -2.26. The van der Waals surface area contributed by atoms with Crippen LogP contribution in [0.2, 0.25) is 0 Å². The third-order valence-electron chi connectivity index (χ3n) is 3.22. The molecule has 0 aliphatic carbocycles. The van der Waals surface area contributed by atoms with Gasteiger partial charge in [0.15, 0.2) is 0 Å². The minimum atomic E-state index is -0.0824. The maximum absolute atomic E-state index is 6.40. The molecule has 0 saturated carbocycles. The Morgan fingerprint density at radius 1 is 1.25 bits per heavy atom. The van der Waals surface area contributed by atoms with E-state index in [9.17, 15) is 0 Å². The predicted molar refractivity (Wildman–Crippen MR) is 88.9 cm³/mol. The van der Waals surface area contributed by atoms with Crippen molar-refractivity contribution in [3.63, 3.8) is 0 Å². The molecule has 108 valence electrons. The monoisotopic (exact) mass is 335 g/mol. The van der Waals surface area contributed by atoms with Crippen LogP contribution in [-0.4, -0.2) is 9.55 Å². The highest BCUT2D eigenvalue weighted by Crippen LogP contribution is 2.34. The van der Waals surface area contributed by atoms with Crippen LogP contribution in [0.25, 0.3) is 11.3 Å². The quantitative estimate of drug-likeness (QED) is 0.858. The van der Waals surface area contributed by atoms with Crippen LogP contribution < -0.4 is 5.73 Å². The molecule has 0 fully saturated rings. The van der Waals surface area contributed by atoms with Gasteiger partial charge >= 0.3 is 0 Å². The van der Waals surface area contributed by atoms with Crippen molar-refractivity contribution in [2.45, 2.75) is 46.1 Å². The molecule has 0 atom stereocenters. The Labute approximate surface area is 129 Å². The fourth-order valence-corrected chi connectivity index (χ4v) is 2.79. The molecule has 0 amide bonds. The summed E-state index contributed by atoms with van der Waals surface area (Å²) in [7, 11) is 0. The summed E-state index contributed by atoms with van der Waals surface area (Å²) in [5, 5.41) is 0. The molecule has 1 aromatic heterocycles. The summed E-state index contributed by atoms with van der Waals surface area (Å²) < 4.78 is 3.18. The highest BCUT2D eigenvalue weighted by atomic mass is 79.9. The van der Waals surface area contributed by atoms with Crippen LogP contribution >= 0.6 is 15.9 Å². The number of halogens is 1. The molecule has 0 aliphatic heterocycles. The fraction of sp³-hybridized carbons (Fsp3) is 0.438. The van der Waals surface area contributed by atoms with Gasteiger partial charge in [-0.3, -0.25) is 0 Å². The molecule has 20 heavy (non-hydrogen) atoms. The van der Waals surface area contributed by atoms with E-state index in [1.165, 1.54) is 0 Å². The van der Waals surface area contributed by atoms with Gasteiger partial charge in [0, 0.05) is 21.5 Å². The van der Waals surface area contributed by atoms with E-state index in [1.54, 1.807) is 0 Å². The zero-order valence-corrected chi connectivity index (χ0v) is 14.3. The molecule has 4 heteroatoms. The van der Waals surface area contributed by atoms with Gasteiger partial charge in [-0.1, -0.05) is 41.9 Å². The van der Waals surface area contributed by atoms with Crippen molar-refractivity contribution >= 4 is 21.7 Å². The number of nitrogens with two attached hydrogens (primary N) is 1. The average Bonchev–Trinajstić information content (AvgIpc) is 2.66. The molecule has 3 nitrogen and oxygen atoms in total. The molecule has 0 saturated heterocycles. The van der Waals surface area contributed by atoms with Crippen molar-refractivity contribution < 1.29 is 0 Å². The number of imidazole rings is 1. The predicted octanol–water partition coefficient (Wildman–Crippen LogP) is 4.77. The molecule has 1 heterocycles. The summed E-state index contributed by atoms with van der Waals surface area (Å²) >= 11 is 3.50. The van der Waals surface area contributed by atoms with E-state index < -0.39 is 0 Å². The van der Waals surface area contributed by atoms with Gasteiger partial charge in [-0.15, -0.1) is 0 Å². The topological polar surface area (TPSA) is 43.8 Å². The number of aromatic nitrogens is 2. The minimum Gasteiger partial charge on any atom is -0.383 e. The van der Waals surface area contributed by atoms with E-state index in [0.717, 1.165) is 27.4 Å². The summed E-state index contributed by atoms with van der Waals surface area (Å²) in [6.07, 6.45) is 0. The standard InChI is InChI=1S/C16H22BrN3/c1-10(2)15-19-13(11-7-6-8-12(17)9-11)14(18)20(15)16(3,4)5/h6-10H,18H2,1-5H3. The smallest absolute Gasteiger partial charge is 0.132 e. The van der Waals surface area contributed by atoms with Crippen molar-refractivity contribution in [3.8, 4) is 11.3 Å². The largest absolute Gasteiger partial charge is 0.383 e. The van der Waals surface area contributed by atoms with Gasteiger partial charge in [-0.05, 0) is 32.9 Å². The fourth-order valence-electron chi connectivity index (χ4n) is 2.39. The summed E-state index contributed by atoms with van der Waals surface area (Å²) in [5.74, 6) is 2.10. The third-order valence-corrected chi connectivity index (χ3v) is 3.72. The van der Waals surface area contributed by atoms with Gasteiger partial charge in [-0.2, -0.15) is 0 Å². The van der Waals surface area contributed by atoms with Crippen LogP contribution in [-0.2, 0) is 5.54 Å². The van der Waals surface area contributed by atoms with Crippen LogP contribution in [0.3, 0.4) is 0 Å². The van der Waals surface area contributed by atoms with Crippen molar-refractivity contribution in [2.24, 2.45) is 0 Å². The van der Waals surface area contributed by atoms with Crippen molar-refractivity contribution in [1.82, 2.24) is 9.55 Å². The van der Waals surface area contributed by atoms with Gasteiger partial charge in [0.05, 0.1) is 0 Å². The first kappa shape index (κ1) is 15.1. The van der Waals surface area contributed by atoms with Crippen LogP contribution in [0.4, 0.5) is 5.82 Å². The second kappa shape index (κ2) is 5.24. The van der Waals surface area contributed by atoms with Crippen molar-refractivity contribution in [2.75, 3.05) is 5.73 Å². The molecule has 0 radical (unpaired) electrons. The minimum absolute atomic E-state index is 0.0824. The third kappa shape index (κ3) is 2.75. The maximum Gasteiger partial charge on any atom is 0.132 e. The van der Waals surface area contributed by atoms with E-state index in [0.29, 0.717) is 5.92 Å². The zero-order chi connectivity index (χ0) is 15.1. The summed E-state index contributed by atoms with van der Waals surface area (Å²) in [6, 6.07) is 8.10. The van der Waals surface area contributed by atoms with E-state index in [2.05, 4.69) is 61.2 Å². The van der Waals surface area contributed by atoms with Crippen molar-refractivity contribution in [1.29, 1.82) is 0 Å². The van der Waals surface area contributed by atoms with Gasteiger partial charge < -0.3 is 10.3 Å². The molecule has 2 rings (SSSR count). The van der Waals surface area contributed by atoms with Crippen molar-refractivity contribution in [3.05, 3.63) is 34.6 Å². The Morgan fingerprint density at radius 3 is 2.35 bits per heavy atom. The Hall–Kier alpha value is -1.29. The van der Waals surface area contributed by atoms with E-state index >= 15 is 0 Å². The molecular weight excluding hydrogens is 314 g/mol. The molecule has 0 bridgehead atoms. The molecule has 0 unspecified atom stereocenters. The Kier molecular flexibility index (Phi) is 3.96. The first-order valence-electron chi connectivity index (χ1n) is 6.86. The molecule has 1 aromatic carbocycles. The lowest BCUT2D eigenvalue weighted by molar-refractivity contribution is 0.382. The SMILES string of the molecule is CC(C)c1nc(-c2cccc(Br)c2)c(N)n1C(C)(C)C. The maximum atomic E-state index is 6.40. The van der Waals surface area contributed by atoms with Gasteiger partial charge in [0.1, 0.15) is 17.3 Å². The number of nitrogen functional groups attached to an aromatic ring is 1. The summed E-state index contributed by atoms with van der Waals surface area (Å²) in [6.45, 7) is 10.8. The molecule has 0 aliphatic rings. The number of anilines is 1. The number of hydrogen-bond acceptors (Lipinski definition) is 2. The van der Waals surface area contributed by atoms with E-state index in [4.69, 9.17) is 10.7 Å². The Morgan fingerprint density at radius 2 is 1.90 bits per heavy atom. The number of hydrogen-bond donors (Lipinski definition) is 1. The molecule has 2 N–H and O–H groups in total. The van der Waals surface area contributed by atoms with Crippen LogP contribution in [0.15, 0.2) is 28.7 Å². The zero-order valence-electron chi connectivity index (χ0n) is 12.7. The highest BCUT2D eigenvalue weighted by Gasteiger charge is 2.25. The van der Waals surface area contributed by atoms with E-state index in [1.807, 2.05) is 18.2 Å². The van der Waals surface area contributed by atoms with Crippen LogP contribution in [0, 0.1) is 0 Å². The highest BCUT2D eigenvalue weighted by molar-refractivity contribution is 9.10. The van der Waals surface area contributed by atoms with Gasteiger partial charge in [0.25, 0.3) is 0 Å². The Balaban J connectivity index is 2.68. The molecule has 0 spiro atoms. The van der Waals surface area contributed by atoms with Gasteiger partial charge in [-0.25, -0.2) is 4.98 Å². The summed E-state index contributed by atoms with van der Waals surface area (Å²) in [4.78, 5) is 4.80. The van der Waals surface area contributed by atoms with Crippen LogP contribution in [0.5, 0.6) is 0 Å². The molecular formula is C16H22BrN3. The number of nitrogens with zero attached hydrogens (tertiary/aromatic N) is 2. The normalized spacial score (nSPS) is 12.2. The first-order chi connectivity index (χ1) is 9.21. The lowest BCUT2D eigenvalue weighted by Gasteiger charge is -2.26. The second-order valence-corrected chi connectivity index (χ2v) is 7.29. The average molecular weight is 336 g/mol. The Bertz CT molecular complexity index is 621. The lowest BCUT2D eigenvalue weighted by atomic mass is 10.1. The summed E-state index contributed by atoms with van der Waals surface area (Å²) in [5.41, 5.74) is 8.22. The first-order valence-corrected chi connectivity index (χ1v) is 7.65. The number of benzene rings is 1. The van der Waals surface area contributed by atoms with E-state index in [-0.39, 0.29) is 5.54 Å². The van der Waals surface area contributed by atoms with Gasteiger partial charge in [0.2, 0.25) is 0 Å². The number of rotatable bonds is 2. The second-order valence-electron chi connectivity index (χ2n) is 6.38.